The van der Waals surface area contributed by atoms with Crippen molar-refractivity contribution in [3.05, 3.63) is 359 Å². The number of aliphatic hydroxyl groups is 4. The smallest absolute Gasteiger partial charge is 0.235 e. The molecule has 112 heavy (non-hydrogen) atoms. The summed E-state index contributed by atoms with van der Waals surface area (Å²) < 4.78 is 29.6. The van der Waals surface area contributed by atoms with Crippen LogP contribution in [-0.2, 0) is 59.0 Å². The van der Waals surface area contributed by atoms with Crippen LogP contribution in [0.4, 0.5) is 0 Å². The van der Waals surface area contributed by atoms with Crippen LogP contribution in [0.2, 0.25) is 0 Å². The third-order valence-corrected chi connectivity index (χ3v) is 20.7. The molecule has 0 spiro atoms. The second-order valence-electron chi connectivity index (χ2n) is 27.9. The lowest BCUT2D eigenvalue weighted by Gasteiger charge is -2.48. The van der Waals surface area contributed by atoms with E-state index < -0.39 is 0 Å². The summed E-state index contributed by atoms with van der Waals surface area (Å²) in [5.41, 5.74) is 11.0. The van der Waals surface area contributed by atoms with Crippen molar-refractivity contribution in [3.8, 4) is 0 Å². The Bertz CT molecular complexity index is 3840. The number of hydrogen-bond donors (Lipinski definition) is 6. The van der Waals surface area contributed by atoms with E-state index in [-0.39, 0.29) is 110 Å². The fourth-order valence-electron chi connectivity index (χ4n) is 14.0. The van der Waals surface area contributed by atoms with E-state index in [9.17, 15) is 24.6 Å². The molecule has 16 heteroatoms. The monoisotopic (exact) mass is 1530 g/mol. The zero-order valence-corrected chi connectivity index (χ0v) is 65.2. The van der Waals surface area contributed by atoms with Crippen molar-refractivity contribution in [2.75, 3.05) is 79.0 Å². The number of hydrogen-bond acceptors (Lipinski definition) is 13. The Morgan fingerprint density at radius 1 is 0.357 bits per heavy atom. The number of carbonyl (C=O) groups excluding carboxylic acids is 3. The van der Waals surface area contributed by atoms with Gasteiger partial charge in [0.1, 0.15) is 0 Å². The number of aryl methyl sites for hydroxylation is 4. The number of likely N-dealkylation sites (tertiary alicyclic amines) is 2. The molecule has 10 aromatic rings. The highest BCUT2D eigenvalue weighted by atomic mass is 35.5. The molecule has 15 nitrogen and oxygen atoms in total. The van der Waals surface area contributed by atoms with Gasteiger partial charge in [0.15, 0.2) is 0 Å². The number of rotatable bonds is 33. The molecule has 0 saturated carbocycles. The zero-order valence-electron chi connectivity index (χ0n) is 65.5. The number of aliphatic hydroxyl groups excluding tert-OH is 4. The molecular weight excluding hydrogens is 1420 g/mol. The summed E-state index contributed by atoms with van der Waals surface area (Å²) in [5.74, 6) is -1.10. The highest BCUT2D eigenvalue weighted by molar-refractivity contribution is 6.65. The van der Waals surface area contributed by atoms with Gasteiger partial charge in [-0.2, -0.15) is 0 Å². The molecule has 0 aromatic heterocycles. The third kappa shape index (κ3) is 27.0. The Morgan fingerprint density at radius 2 is 0.571 bits per heavy atom. The van der Waals surface area contributed by atoms with Gasteiger partial charge in [-0.25, -0.2) is 0 Å². The van der Waals surface area contributed by atoms with Gasteiger partial charge in [-0.15, -0.1) is 0 Å². The first-order chi connectivity index (χ1) is 55.5. The van der Waals surface area contributed by atoms with E-state index in [2.05, 4.69) is 83.4 Å². The maximum atomic E-state index is 13.5. The predicted octanol–water partition coefficient (Wildman–Crippen LogP) is 14.6. The molecule has 0 bridgehead atoms. The molecule has 10 aromatic carbocycles. The zero-order chi connectivity index (χ0) is 79.5. The minimum atomic E-state index is -0.379. The van der Waals surface area contributed by atoms with Crippen molar-refractivity contribution in [2.45, 2.75) is 132 Å². The molecule has 2 amide bonds. The van der Waals surface area contributed by atoms with E-state index in [4.69, 9.17) is 42.1 Å². The summed E-state index contributed by atoms with van der Waals surface area (Å²) in [7, 11) is 0. The second kappa shape index (κ2) is 49.3. The standard InChI is InChI=1S/2C27H29NO3.C14H11ClO.2C13H19NO2.C2H6/c2*29-20-24-25(31-18-10-13-21-11-4-1-5-12-21)19-28(24)27(30)26(22-14-6-2-7-15-22)23-16-8-3-9-17-23;15-14(16)13(11-7-3-1-4-8-11)12-9-5-2-6-10-12;2*15-10-12-13(9-14-12)16-8-4-7-11-5-2-1-3-6-11;1-2/h2*1-9,11-12,14-17,24-26,29H,10,13,18-20H2;1-10,13H;2*1-3,5-6,12-15H,4,7-10H2;1-2H3/t2*24-,25-;;2*12-,13-;/m10.10./s1/i;;;;;1D. The molecule has 8 atom stereocenters. The summed E-state index contributed by atoms with van der Waals surface area (Å²) in [5, 5.41) is 43.7. The van der Waals surface area contributed by atoms with Crippen LogP contribution in [-0.4, -0.2) is 175 Å². The van der Waals surface area contributed by atoms with Crippen LogP contribution in [0.1, 0.15) is 114 Å². The van der Waals surface area contributed by atoms with E-state index >= 15 is 0 Å². The van der Waals surface area contributed by atoms with Gasteiger partial charge in [0.25, 0.3) is 0 Å². The molecule has 4 heterocycles. The molecule has 0 aliphatic carbocycles. The van der Waals surface area contributed by atoms with Crippen LogP contribution in [0, 0.1) is 0 Å². The molecule has 4 fully saturated rings. The number of halogens is 1. The largest absolute Gasteiger partial charge is 0.395 e. The van der Waals surface area contributed by atoms with Gasteiger partial charge in [-0.3, -0.25) is 14.4 Å². The van der Waals surface area contributed by atoms with E-state index in [0.717, 1.165) is 111 Å². The molecule has 4 aliphatic heterocycles. The molecule has 4 aliphatic rings. The van der Waals surface area contributed by atoms with Crippen molar-refractivity contribution in [2.24, 2.45) is 0 Å². The number of amides is 2. The molecule has 590 valence electrons. The van der Waals surface area contributed by atoms with Crippen LogP contribution in [0.15, 0.2) is 303 Å². The van der Waals surface area contributed by atoms with Gasteiger partial charge in [0.05, 0.1) is 92.8 Å². The van der Waals surface area contributed by atoms with Crippen molar-refractivity contribution in [3.63, 3.8) is 0 Å². The molecule has 0 radical (unpaired) electrons. The van der Waals surface area contributed by atoms with Crippen LogP contribution >= 0.6 is 11.6 Å². The second-order valence-corrected chi connectivity index (χ2v) is 28.3. The molecule has 6 N–H and O–H groups in total. The summed E-state index contributed by atoms with van der Waals surface area (Å²) in [6.45, 7) is 8.03. The van der Waals surface area contributed by atoms with Crippen LogP contribution in [0.3, 0.4) is 0 Å². The number of ether oxygens (including phenoxy) is 4. The van der Waals surface area contributed by atoms with Gasteiger partial charge in [0.2, 0.25) is 17.1 Å². The van der Waals surface area contributed by atoms with Crippen molar-refractivity contribution in [1.29, 1.82) is 0 Å². The quantitative estimate of drug-likeness (QED) is 0.0168. The minimum absolute atomic E-state index is 0.0144. The first-order valence-corrected chi connectivity index (χ1v) is 39.8. The fourth-order valence-corrected chi connectivity index (χ4v) is 14.3. The highest BCUT2D eigenvalue weighted by Gasteiger charge is 2.46. The first-order valence-electron chi connectivity index (χ1n) is 40.2. The number of benzene rings is 10. The lowest BCUT2D eigenvalue weighted by Crippen LogP contribution is -2.65. The first kappa shape index (κ1) is 85.1. The van der Waals surface area contributed by atoms with Crippen LogP contribution < -0.4 is 10.6 Å². The van der Waals surface area contributed by atoms with Crippen LogP contribution in [0.25, 0.3) is 0 Å². The average molecular weight is 1540 g/mol. The normalized spacial score (nSPS) is 18.5. The fraction of sp³-hybridized carbons (Fsp3) is 0.344. The maximum absolute atomic E-state index is 13.5. The Balaban J connectivity index is 0.000000166. The maximum Gasteiger partial charge on any atom is 0.235 e. The van der Waals surface area contributed by atoms with Gasteiger partial charge in [-0.1, -0.05) is 317 Å². The van der Waals surface area contributed by atoms with Crippen LogP contribution in [0.5, 0.6) is 0 Å². The Kier molecular flexibility index (Phi) is 37.4. The van der Waals surface area contributed by atoms with Gasteiger partial charge in [0, 0.05) is 54.0 Å². The van der Waals surface area contributed by atoms with E-state index in [0.29, 0.717) is 33.2 Å². The van der Waals surface area contributed by atoms with Crippen molar-refractivity contribution < 1.29 is 55.1 Å². The van der Waals surface area contributed by atoms with E-state index in [1.165, 1.54) is 22.3 Å². The number of carbonyl (C=O) groups is 3. The minimum Gasteiger partial charge on any atom is -0.395 e. The topological polar surface area (TPSA) is 200 Å². The molecule has 0 unspecified atom stereocenters. The van der Waals surface area contributed by atoms with E-state index in [1.807, 2.05) is 231 Å². The Labute approximate surface area is 670 Å². The summed E-state index contributed by atoms with van der Waals surface area (Å²) in [4.78, 5) is 42.1. The number of nitrogens with one attached hydrogen (secondary N) is 2. The van der Waals surface area contributed by atoms with Crippen molar-refractivity contribution in [1.82, 2.24) is 20.4 Å². The Morgan fingerprint density at radius 3 is 0.768 bits per heavy atom. The lowest BCUT2D eigenvalue weighted by atomic mass is 9.87. The summed E-state index contributed by atoms with van der Waals surface area (Å²) in [6.07, 6.45) is 8.16. The SMILES string of the molecule is O=C(C(c1ccccc1)c1ccccc1)N1C[C@@H](OCCCc2ccccc2)[C@H]1CO.O=C(C(c1ccccc1)c1ccccc1)N1C[C@H](OCCCc2ccccc2)[C@@H]1CO.O=C(Cl)C(c1ccccc1)c1ccccc1.OC[C@@H]1NC[C@@H]1OCCCc1ccccc1.OC[C@H]1NC[C@H]1OCCCc1ccccc1.[2H]CC. The number of nitrogens with zero attached hydrogens (tertiary/aromatic N) is 2. The lowest BCUT2D eigenvalue weighted by molar-refractivity contribution is -0.163. The highest BCUT2D eigenvalue weighted by Crippen LogP contribution is 2.35. The molecule has 14 rings (SSSR count). The average Bonchev–Trinajstić information content (AvgIpc) is 0.774. The predicted molar refractivity (Wildman–Crippen MR) is 447 cm³/mol. The summed E-state index contributed by atoms with van der Waals surface area (Å²) in [6, 6.07) is 99.8. The van der Waals surface area contributed by atoms with Gasteiger partial charge < -0.3 is 59.8 Å². The molecular formula is C96H113ClN4O11. The third-order valence-electron chi connectivity index (χ3n) is 20.5. The molecule has 4 saturated heterocycles. The van der Waals surface area contributed by atoms with Gasteiger partial charge in [-0.05, 0) is 119 Å². The van der Waals surface area contributed by atoms with Gasteiger partial charge >= 0.3 is 0 Å². The Hall–Kier alpha value is -9.30. The van der Waals surface area contributed by atoms with Crippen molar-refractivity contribution >= 4 is 28.7 Å². The van der Waals surface area contributed by atoms with E-state index in [1.54, 1.807) is 16.7 Å². The summed E-state index contributed by atoms with van der Waals surface area (Å²) >= 11 is 5.67.